The lowest BCUT2D eigenvalue weighted by atomic mass is 9.67. The zero-order chi connectivity index (χ0) is 45.8. The highest BCUT2D eigenvalue weighted by molar-refractivity contribution is 5.96. The topological polar surface area (TPSA) is 3.24 Å². The van der Waals surface area contributed by atoms with Gasteiger partial charge in [-0.3, -0.25) is 0 Å². The first-order valence-electron chi connectivity index (χ1n) is 25.0. The molecule has 9 aromatic carbocycles. The van der Waals surface area contributed by atoms with Crippen molar-refractivity contribution >= 4 is 17.1 Å². The highest BCUT2D eigenvalue weighted by Gasteiger charge is 2.47. The molecule has 0 aliphatic heterocycles. The smallest absolute Gasteiger partial charge is 0.0714 e. The Morgan fingerprint density at radius 2 is 0.838 bits per heavy atom. The minimum atomic E-state index is -0.492. The molecule has 0 N–H and O–H groups in total. The van der Waals surface area contributed by atoms with Gasteiger partial charge in [0.05, 0.1) is 5.41 Å². The molecule has 0 atom stereocenters. The standard InChI is InChI=1S/C67H57N/c1-65(2)58-28-16-14-25-53(58)55-38-33-46(41-61(55)65)52-27-18-30-60-64(52)57-40-37-50(42-62(57)66(60,3)4)68(49-34-31-45(32-35-49)44-19-8-5-9-20-44)51-36-39-56-54-26-15-17-29-59(54)67(63(56)43-51,47-21-10-6-11-22-47)48-23-12-7-13-24-48/h6-7,10-18,21-44H,5,8-9,19-20H2,1-4H3. The fourth-order valence-corrected chi connectivity index (χ4v) is 13.4. The number of anilines is 3. The molecule has 13 rings (SSSR count). The molecule has 0 aromatic heterocycles. The van der Waals surface area contributed by atoms with Crippen LogP contribution in [0.3, 0.4) is 0 Å². The highest BCUT2D eigenvalue weighted by atomic mass is 15.1. The zero-order valence-corrected chi connectivity index (χ0v) is 39.7. The van der Waals surface area contributed by atoms with E-state index in [1.54, 1.807) is 0 Å². The van der Waals surface area contributed by atoms with Crippen molar-refractivity contribution in [2.24, 2.45) is 0 Å². The Kier molecular flexibility index (Phi) is 9.29. The van der Waals surface area contributed by atoms with Crippen LogP contribution in [-0.2, 0) is 16.2 Å². The van der Waals surface area contributed by atoms with Crippen molar-refractivity contribution in [3.8, 4) is 44.5 Å². The quantitative estimate of drug-likeness (QED) is 0.154. The molecule has 330 valence electrons. The van der Waals surface area contributed by atoms with Crippen molar-refractivity contribution in [1.82, 2.24) is 0 Å². The maximum absolute atomic E-state index is 2.54. The average Bonchev–Trinajstić information content (AvgIpc) is 3.91. The Balaban J connectivity index is 0.986. The summed E-state index contributed by atoms with van der Waals surface area (Å²) >= 11 is 0. The lowest BCUT2D eigenvalue weighted by molar-refractivity contribution is 0.443. The van der Waals surface area contributed by atoms with Gasteiger partial charge in [-0.1, -0.05) is 211 Å². The van der Waals surface area contributed by atoms with Gasteiger partial charge in [-0.05, 0) is 156 Å². The molecule has 1 heteroatoms. The fourth-order valence-electron chi connectivity index (χ4n) is 13.4. The van der Waals surface area contributed by atoms with E-state index < -0.39 is 5.41 Å². The van der Waals surface area contributed by atoms with Crippen molar-refractivity contribution in [2.45, 2.75) is 82.0 Å². The third kappa shape index (κ3) is 5.94. The molecular weight excluding hydrogens is 819 g/mol. The monoisotopic (exact) mass is 875 g/mol. The molecule has 0 bridgehead atoms. The average molecular weight is 876 g/mol. The van der Waals surface area contributed by atoms with E-state index in [1.807, 2.05) is 0 Å². The van der Waals surface area contributed by atoms with Crippen LogP contribution in [0.25, 0.3) is 44.5 Å². The molecule has 0 spiro atoms. The summed E-state index contributed by atoms with van der Waals surface area (Å²) in [5, 5.41) is 0. The van der Waals surface area contributed by atoms with Crippen LogP contribution in [-0.4, -0.2) is 0 Å². The van der Waals surface area contributed by atoms with Gasteiger partial charge in [-0.25, -0.2) is 0 Å². The van der Waals surface area contributed by atoms with Gasteiger partial charge in [0.15, 0.2) is 0 Å². The lowest BCUT2D eigenvalue weighted by Crippen LogP contribution is -2.28. The number of benzene rings is 9. The molecule has 1 fully saturated rings. The molecule has 4 aliphatic rings. The Morgan fingerprint density at radius 3 is 1.53 bits per heavy atom. The first-order valence-corrected chi connectivity index (χ1v) is 25.0. The van der Waals surface area contributed by atoms with Crippen LogP contribution in [0.15, 0.2) is 206 Å². The zero-order valence-electron chi connectivity index (χ0n) is 39.7. The van der Waals surface area contributed by atoms with E-state index in [-0.39, 0.29) is 10.8 Å². The normalized spacial score (nSPS) is 16.5. The largest absolute Gasteiger partial charge is 0.310 e. The summed E-state index contributed by atoms with van der Waals surface area (Å²) in [6, 6.07) is 78.9. The lowest BCUT2D eigenvalue weighted by Gasteiger charge is -2.35. The second-order valence-corrected chi connectivity index (χ2v) is 21.0. The molecule has 0 amide bonds. The fraction of sp³-hybridized carbons (Fsp3) is 0.194. The molecule has 68 heavy (non-hydrogen) atoms. The van der Waals surface area contributed by atoms with E-state index in [4.69, 9.17) is 0 Å². The number of hydrogen-bond donors (Lipinski definition) is 0. The second kappa shape index (κ2) is 15.4. The maximum atomic E-state index is 2.54. The van der Waals surface area contributed by atoms with Gasteiger partial charge in [0.25, 0.3) is 0 Å². The van der Waals surface area contributed by atoms with Crippen molar-refractivity contribution in [3.63, 3.8) is 0 Å². The number of fused-ring (bicyclic) bond motifs is 9. The summed E-state index contributed by atoms with van der Waals surface area (Å²) < 4.78 is 0. The van der Waals surface area contributed by atoms with Gasteiger partial charge in [0.1, 0.15) is 0 Å². The molecule has 0 heterocycles. The Hall–Kier alpha value is -7.22. The van der Waals surface area contributed by atoms with Crippen LogP contribution < -0.4 is 4.90 Å². The first-order chi connectivity index (χ1) is 33.2. The van der Waals surface area contributed by atoms with Crippen LogP contribution in [0.4, 0.5) is 17.1 Å². The predicted octanol–water partition coefficient (Wildman–Crippen LogP) is 17.8. The van der Waals surface area contributed by atoms with Crippen molar-refractivity contribution in [3.05, 3.63) is 256 Å². The second-order valence-electron chi connectivity index (χ2n) is 21.0. The molecule has 1 saturated carbocycles. The van der Waals surface area contributed by atoms with Crippen molar-refractivity contribution in [1.29, 1.82) is 0 Å². The van der Waals surface area contributed by atoms with E-state index in [0.717, 1.165) is 5.69 Å². The third-order valence-electron chi connectivity index (χ3n) is 16.8. The van der Waals surface area contributed by atoms with Crippen LogP contribution in [0, 0.1) is 0 Å². The predicted molar refractivity (Wildman–Crippen MR) is 285 cm³/mol. The van der Waals surface area contributed by atoms with Gasteiger partial charge in [-0.2, -0.15) is 0 Å². The first kappa shape index (κ1) is 41.0. The molecule has 0 saturated heterocycles. The summed E-state index contributed by atoms with van der Waals surface area (Å²) in [4.78, 5) is 2.54. The maximum Gasteiger partial charge on any atom is 0.0714 e. The van der Waals surface area contributed by atoms with Gasteiger partial charge in [0, 0.05) is 27.9 Å². The Bertz CT molecular complexity index is 3380. The van der Waals surface area contributed by atoms with E-state index in [9.17, 15) is 0 Å². The van der Waals surface area contributed by atoms with Gasteiger partial charge >= 0.3 is 0 Å². The van der Waals surface area contributed by atoms with Crippen LogP contribution in [0.5, 0.6) is 0 Å². The molecule has 0 unspecified atom stereocenters. The summed E-state index contributed by atoms with van der Waals surface area (Å²) in [6.45, 7) is 9.62. The summed E-state index contributed by atoms with van der Waals surface area (Å²) in [5.41, 5.74) is 25.6. The third-order valence-corrected chi connectivity index (χ3v) is 16.8. The van der Waals surface area contributed by atoms with E-state index >= 15 is 0 Å². The summed E-state index contributed by atoms with van der Waals surface area (Å²) in [7, 11) is 0. The van der Waals surface area contributed by atoms with Crippen LogP contribution >= 0.6 is 0 Å². The molecular formula is C67H57N. The van der Waals surface area contributed by atoms with E-state index in [0.29, 0.717) is 5.92 Å². The minimum Gasteiger partial charge on any atom is -0.310 e. The summed E-state index contributed by atoms with van der Waals surface area (Å²) in [5.74, 6) is 0.641. The number of hydrogen-bond acceptors (Lipinski definition) is 1. The SMILES string of the molecule is CC1(C)c2ccccc2-c2ccc(-c3cccc4c3-c3ccc(N(c5ccc(C6CCCCC6)cc5)c5ccc6c(c5)C(c5ccccc5)(c5ccccc5)c5ccccc5-6)cc3C4(C)C)cc21. The number of nitrogens with zero attached hydrogens (tertiary/aromatic N) is 1. The van der Waals surface area contributed by atoms with Crippen LogP contribution in [0.2, 0.25) is 0 Å². The Labute approximate surface area is 402 Å². The van der Waals surface area contributed by atoms with Gasteiger partial charge < -0.3 is 4.90 Å². The highest BCUT2D eigenvalue weighted by Crippen LogP contribution is 2.59. The summed E-state index contributed by atoms with van der Waals surface area (Å²) in [6.07, 6.45) is 6.59. The molecule has 4 aliphatic carbocycles. The molecule has 9 aromatic rings. The van der Waals surface area contributed by atoms with E-state index in [2.05, 4.69) is 239 Å². The minimum absolute atomic E-state index is 0.0633. The van der Waals surface area contributed by atoms with Crippen LogP contribution in [0.1, 0.15) is 116 Å². The van der Waals surface area contributed by atoms with Gasteiger partial charge in [-0.15, -0.1) is 0 Å². The van der Waals surface area contributed by atoms with Crippen molar-refractivity contribution < 1.29 is 0 Å². The molecule has 1 nitrogen and oxygen atoms in total. The van der Waals surface area contributed by atoms with Gasteiger partial charge in [0.2, 0.25) is 0 Å². The van der Waals surface area contributed by atoms with E-state index in [1.165, 1.54) is 138 Å². The molecule has 0 radical (unpaired) electrons. The van der Waals surface area contributed by atoms with Crippen molar-refractivity contribution in [2.75, 3.05) is 4.90 Å². The number of rotatable bonds is 7. The Morgan fingerprint density at radius 1 is 0.353 bits per heavy atom.